The Kier molecular flexibility index (Phi) is 6.58. The van der Waals surface area contributed by atoms with E-state index < -0.39 is 6.04 Å². The van der Waals surface area contributed by atoms with Crippen LogP contribution in [0.25, 0.3) is 0 Å². The largest absolute Gasteiger partial charge is 0.454 e. The fourth-order valence-electron chi connectivity index (χ4n) is 4.68. The molecule has 3 aliphatic heterocycles. The number of ether oxygens (including phenoxy) is 4. The maximum atomic E-state index is 13.1. The van der Waals surface area contributed by atoms with Gasteiger partial charge in [0.25, 0.3) is 11.8 Å². The topological polar surface area (TPSA) is 115 Å². The van der Waals surface area contributed by atoms with Gasteiger partial charge in [-0.2, -0.15) is 0 Å². The maximum Gasteiger partial charge on any atom is 0.253 e. The molecule has 36 heavy (non-hydrogen) atoms. The number of nitrogens with zero attached hydrogens (tertiary/aromatic N) is 1. The molecule has 0 bridgehead atoms. The fourth-order valence-corrected chi connectivity index (χ4v) is 4.68. The van der Waals surface area contributed by atoms with Crippen LogP contribution in [0.5, 0.6) is 23.0 Å². The lowest BCUT2D eigenvalue weighted by Crippen LogP contribution is -2.54. The van der Waals surface area contributed by atoms with Gasteiger partial charge < -0.3 is 34.5 Å². The zero-order chi connectivity index (χ0) is 25.2. The minimum Gasteiger partial charge on any atom is -0.454 e. The van der Waals surface area contributed by atoms with E-state index in [9.17, 15) is 14.4 Å². The predicted octanol–water partition coefficient (Wildman–Crippen LogP) is 2.32. The first-order chi connectivity index (χ1) is 17.4. The molecule has 5 rings (SSSR count). The van der Waals surface area contributed by atoms with Crippen molar-refractivity contribution in [3.63, 3.8) is 0 Å². The van der Waals surface area contributed by atoms with Crippen molar-refractivity contribution in [1.82, 2.24) is 15.5 Å². The summed E-state index contributed by atoms with van der Waals surface area (Å²) in [7, 11) is 0. The molecule has 0 spiro atoms. The van der Waals surface area contributed by atoms with Crippen LogP contribution in [0.2, 0.25) is 0 Å². The first-order valence-corrected chi connectivity index (χ1v) is 12.1. The number of fused-ring (bicyclic) bond motifs is 2. The monoisotopic (exact) mass is 495 g/mol. The minimum absolute atomic E-state index is 0.0740. The van der Waals surface area contributed by atoms with E-state index >= 15 is 0 Å². The molecule has 1 atom stereocenters. The van der Waals surface area contributed by atoms with E-state index in [2.05, 4.69) is 10.6 Å². The Morgan fingerprint density at radius 3 is 1.97 bits per heavy atom. The van der Waals surface area contributed by atoms with Gasteiger partial charge >= 0.3 is 0 Å². The number of carbonyl (C=O) groups is 3. The van der Waals surface area contributed by atoms with Crippen LogP contribution >= 0.6 is 0 Å². The Balaban J connectivity index is 1.26. The van der Waals surface area contributed by atoms with Crippen molar-refractivity contribution in [2.24, 2.45) is 5.92 Å². The number of rotatable bonds is 6. The number of amides is 3. The summed E-state index contributed by atoms with van der Waals surface area (Å²) < 4.78 is 21.4. The average Bonchev–Trinajstić information content (AvgIpc) is 3.54. The van der Waals surface area contributed by atoms with E-state index in [-0.39, 0.29) is 43.3 Å². The molecule has 2 aromatic carbocycles. The summed E-state index contributed by atoms with van der Waals surface area (Å²) in [5, 5.41) is 5.84. The molecule has 0 radical (unpaired) electrons. The number of piperidine rings is 1. The number of hydrogen-bond donors (Lipinski definition) is 2. The first-order valence-electron chi connectivity index (χ1n) is 12.1. The smallest absolute Gasteiger partial charge is 0.253 e. The van der Waals surface area contributed by atoms with Crippen LogP contribution in [0.1, 0.15) is 47.4 Å². The van der Waals surface area contributed by atoms with Gasteiger partial charge in [0.15, 0.2) is 23.0 Å². The Morgan fingerprint density at radius 2 is 1.36 bits per heavy atom. The summed E-state index contributed by atoms with van der Waals surface area (Å²) in [5.41, 5.74) is 0.917. The molecule has 10 heteroatoms. The Labute approximate surface area is 208 Å². The third kappa shape index (κ3) is 4.89. The fraction of sp³-hybridized carbons (Fsp3) is 0.423. The van der Waals surface area contributed by atoms with Gasteiger partial charge in [-0.25, -0.2) is 0 Å². The van der Waals surface area contributed by atoms with Crippen molar-refractivity contribution in [3.8, 4) is 23.0 Å². The van der Waals surface area contributed by atoms with E-state index in [0.717, 1.165) is 0 Å². The zero-order valence-corrected chi connectivity index (χ0v) is 20.2. The van der Waals surface area contributed by atoms with Crippen molar-refractivity contribution in [1.29, 1.82) is 0 Å². The standard InChI is InChI=1S/C26H29N3O7/c1-15(2)27-25(31)23(28-24(30)17-3-5-19-21(11-17)35-13-33-19)16-7-9-29(10-8-16)26(32)18-4-6-20-22(12-18)36-14-34-20/h3-6,11-12,15-16,23H,7-10,13-14H2,1-2H3,(H,27,31)(H,28,30). The number of nitrogens with one attached hydrogen (secondary N) is 2. The molecule has 2 aromatic rings. The second-order valence-electron chi connectivity index (χ2n) is 9.38. The molecule has 3 aliphatic rings. The van der Waals surface area contributed by atoms with E-state index in [1.54, 1.807) is 41.3 Å². The number of carbonyl (C=O) groups excluding carboxylic acids is 3. The van der Waals surface area contributed by atoms with Gasteiger partial charge in [0.1, 0.15) is 6.04 Å². The Morgan fingerprint density at radius 1 is 0.806 bits per heavy atom. The van der Waals surface area contributed by atoms with E-state index in [1.807, 2.05) is 13.8 Å². The first kappa shape index (κ1) is 23.8. The summed E-state index contributed by atoms with van der Waals surface area (Å²) in [6.45, 7) is 4.97. The Bertz CT molecular complexity index is 1170. The Hall–Kier alpha value is -3.95. The van der Waals surface area contributed by atoms with Gasteiger partial charge in [-0.05, 0) is 69.0 Å². The highest BCUT2D eigenvalue weighted by molar-refractivity contribution is 5.98. The zero-order valence-electron chi connectivity index (χ0n) is 20.2. The van der Waals surface area contributed by atoms with E-state index in [1.165, 1.54) is 0 Å². The van der Waals surface area contributed by atoms with Crippen LogP contribution in [0.3, 0.4) is 0 Å². The quantitative estimate of drug-likeness (QED) is 0.632. The molecular formula is C26H29N3O7. The van der Waals surface area contributed by atoms with Crippen LogP contribution in [0, 0.1) is 5.92 Å². The van der Waals surface area contributed by atoms with Crippen molar-refractivity contribution in [2.45, 2.75) is 38.8 Å². The third-order valence-corrected chi connectivity index (χ3v) is 6.55. The lowest BCUT2D eigenvalue weighted by molar-refractivity contribution is -0.125. The molecule has 3 amide bonds. The van der Waals surface area contributed by atoms with Crippen LogP contribution in [0.15, 0.2) is 36.4 Å². The normalized spacial score (nSPS) is 17.1. The summed E-state index contributed by atoms with van der Waals surface area (Å²) in [6.07, 6.45) is 1.15. The summed E-state index contributed by atoms with van der Waals surface area (Å²) in [6, 6.07) is 9.30. The van der Waals surface area contributed by atoms with Gasteiger partial charge in [0, 0.05) is 30.3 Å². The molecule has 3 heterocycles. The lowest BCUT2D eigenvalue weighted by atomic mass is 9.88. The second kappa shape index (κ2) is 9.96. The van der Waals surface area contributed by atoms with Gasteiger partial charge in [-0.15, -0.1) is 0 Å². The average molecular weight is 496 g/mol. The SMILES string of the molecule is CC(C)NC(=O)C(NC(=O)c1ccc2c(c1)OCO2)C1CCN(C(=O)c2ccc3c(c2)OCO3)CC1. The molecule has 2 N–H and O–H groups in total. The van der Waals surface area contributed by atoms with Crippen LogP contribution in [-0.2, 0) is 4.79 Å². The van der Waals surface area contributed by atoms with Crippen LogP contribution in [-0.4, -0.2) is 61.4 Å². The number of benzene rings is 2. The molecule has 1 saturated heterocycles. The summed E-state index contributed by atoms with van der Waals surface area (Å²) >= 11 is 0. The molecule has 0 saturated carbocycles. The van der Waals surface area contributed by atoms with Gasteiger partial charge in [-0.3, -0.25) is 14.4 Å². The molecule has 10 nitrogen and oxygen atoms in total. The van der Waals surface area contributed by atoms with Gasteiger partial charge in [0.2, 0.25) is 19.5 Å². The van der Waals surface area contributed by atoms with Gasteiger partial charge in [-0.1, -0.05) is 0 Å². The molecule has 1 fully saturated rings. The predicted molar refractivity (Wildman–Crippen MR) is 128 cm³/mol. The van der Waals surface area contributed by atoms with E-state index in [4.69, 9.17) is 18.9 Å². The molecule has 0 aromatic heterocycles. The highest BCUT2D eigenvalue weighted by Gasteiger charge is 2.35. The summed E-state index contributed by atoms with van der Waals surface area (Å²) in [5.74, 6) is 1.45. The van der Waals surface area contributed by atoms with Crippen molar-refractivity contribution >= 4 is 17.7 Å². The van der Waals surface area contributed by atoms with Crippen LogP contribution in [0.4, 0.5) is 0 Å². The lowest BCUT2D eigenvalue weighted by Gasteiger charge is -2.36. The minimum atomic E-state index is -0.729. The van der Waals surface area contributed by atoms with Crippen molar-refractivity contribution in [2.75, 3.05) is 26.7 Å². The number of hydrogen-bond acceptors (Lipinski definition) is 7. The van der Waals surface area contributed by atoms with E-state index in [0.29, 0.717) is 60.1 Å². The molecule has 1 unspecified atom stereocenters. The highest BCUT2D eigenvalue weighted by atomic mass is 16.7. The highest BCUT2D eigenvalue weighted by Crippen LogP contribution is 2.34. The second-order valence-corrected chi connectivity index (χ2v) is 9.38. The van der Waals surface area contributed by atoms with Crippen LogP contribution < -0.4 is 29.6 Å². The van der Waals surface area contributed by atoms with Gasteiger partial charge in [0.05, 0.1) is 0 Å². The molecular weight excluding hydrogens is 466 g/mol. The third-order valence-electron chi connectivity index (χ3n) is 6.55. The number of likely N-dealkylation sites (tertiary alicyclic amines) is 1. The van der Waals surface area contributed by atoms with Crippen molar-refractivity contribution < 1.29 is 33.3 Å². The van der Waals surface area contributed by atoms with Crippen molar-refractivity contribution in [3.05, 3.63) is 47.5 Å². The molecule has 190 valence electrons. The maximum absolute atomic E-state index is 13.1. The molecule has 0 aliphatic carbocycles. The summed E-state index contributed by atoms with van der Waals surface area (Å²) in [4.78, 5) is 41.0.